The van der Waals surface area contributed by atoms with Crippen LogP contribution in [0.25, 0.3) is 0 Å². The van der Waals surface area contributed by atoms with Crippen molar-refractivity contribution in [2.75, 3.05) is 25.5 Å². The van der Waals surface area contributed by atoms with Gasteiger partial charge in [-0.25, -0.2) is 0 Å². The zero-order valence-corrected chi connectivity index (χ0v) is 14.5. The monoisotopic (exact) mass is 325 g/mol. The molecule has 0 aromatic heterocycles. The summed E-state index contributed by atoms with van der Waals surface area (Å²) < 4.78 is 5.12. The summed E-state index contributed by atoms with van der Waals surface area (Å²) in [4.78, 5) is 13.8. The number of benzene rings is 1. The molecular formula is C17H26ClN2O2+. The molecule has 2 N–H and O–H groups in total. The van der Waals surface area contributed by atoms with Gasteiger partial charge in [0.15, 0.2) is 6.04 Å². The lowest BCUT2D eigenvalue weighted by Crippen LogP contribution is -3.18. The van der Waals surface area contributed by atoms with E-state index in [0.29, 0.717) is 28.3 Å². The molecule has 0 bridgehead atoms. The van der Waals surface area contributed by atoms with Crippen LogP contribution in [-0.2, 0) is 4.79 Å². The number of likely N-dealkylation sites (tertiary alicyclic amines) is 1. The molecular weight excluding hydrogens is 300 g/mol. The number of methoxy groups -OCH3 is 1. The highest BCUT2D eigenvalue weighted by Gasteiger charge is 2.32. The van der Waals surface area contributed by atoms with Gasteiger partial charge in [-0.15, -0.1) is 0 Å². The summed E-state index contributed by atoms with van der Waals surface area (Å²) >= 11 is 6.10. The Labute approximate surface area is 137 Å². The molecule has 22 heavy (non-hydrogen) atoms. The minimum Gasteiger partial charge on any atom is -0.495 e. The van der Waals surface area contributed by atoms with Gasteiger partial charge in [-0.05, 0) is 31.5 Å². The number of ether oxygens (including phenoxy) is 1. The molecule has 0 spiro atoms. The van der Waals surface area contributed by atoms with Crippen molar-refractivity contribution < 1.29 is 14.4 Å². The topological polar surface area (TPSA) is 42.8 Å². The van der Waals surface area contributed by atoms with Crippen molar-refractivity contribution in [1.29, 1.82) is 0 Å². The number of amides is 1. The lowest BCUT2D eigenvalue weighted by molar-refractivity contribution is -0.925. The van der Waals surface area contributed by atoms with Gasteiger partial charge in [-0.1, -0.05) is 25.4 Å². The van der Waals surface area contributed by atoms with Crippen molar-refractivity contribution in [2.24, 2.45) is 11.8 Å². The van der Waals surface area contributed by atoms with Gasteiger partial charge in [0.2, 0.25) is 0 Å². The number of hydrogen-bond acceptors (Lipinski definition) is 2. The quantitative estimate of drug-likeness (QED) is 0.891. The number of carbonyl (C=O) groups is 1. The second-order valence-corrected chi connectivity index (χ2v) is 6.98. The first-order chi connectivity index (χ1) is 10.4. The number of anilines is 1. The Balaban J connectivity index is 2.00. The predicted molar refractivity (Wildman–Crippen MR) is 89.7 cm³/mol. The first kappa shape index (κ1) is 17.1. The minimum atomic E-state index is -0.0638. The molecule has 1 amide bonds. The van der Waals surface area contributed by atoms with Crippen LogP contribution in [0.2, 0.25) is 5.02 Å². The number of carbonyl (C=O) groups excluding carboxylic acids is 1. The van der Waals surface area contributed by atoms with E-state index in [4.69, 9.17) is 16.3 Å². The summed E-state index contributed by atoms with van der Waals surface area (Å²) in [7, 11) is 1.57. The van der Waals surface area contributed by atoms with Crippen LogP contribution in [-0.4, -0.2) is 32.1 Å². The SMILES string of the molecule is COc1ccc(NC(=O)[C@H](C)[NH+]2C[C@@H](C)C[C@H](C)C2)cc1Cl. The third-order valence-electron chi connectivity index (χ3n) is 4.45. The Kier molecular flexibility index (Phi) is 5.70. The molecule has 1 fully saturated rings. The Bertz CT molecular complexity index is 525. The van der Waals surface area contributed by atoms with Crippen molar-refractivity contribution in [2.45, 2.75) is 33.2 Å². The molecule has 4 nitrogen and oxygen atoms in total. The molecule has 0 radical (unpaired) electrons. The van der Waals surface area contributed by atoms with Crippen molar-refractivity contribution in [3.63, 3.8) is 0 Å². The van der Waals surface area contributed by atoms with E-state index in [1.54, 1.807) is 19.2 Å². The van der Waals surface area contributed by atoms with Gasteiger partial charge in [0, 0.05) is 17.5 Å². The molecule has 122 valence electrons. The molecule has 0 saturated carbocycles. The number of nitrogens with one attached hydrogen (secondary N) is 2. The van der Waals surface area contributed by atoms with Gasteiger partial charge in [-0.2, -0.15) is 0 Å². The number of piperidine rings is 1. The number of hydrogen-bond donors (Lipinski definition) is 2. The second kappa shape index (κ2) is 7.34. The summed E-state index contributed by atoms with van der Waals surface area (Å²) in [5.74, 6) is 1.99. The number of halogens is 1. The van der Waals surface area contributed by atoms with Gasteiger partial charge in [0.05, 0.1) is 25.2 Å². The molecule has 1 saturated heterocycles. The van der Waals surface area contributed by atoms with Crippen LogP contribution in [0.5, 0.6) is 5.75 Å². The molecule has 1 aliphatic rings. The number of quaternary nitrogens is 1. The van der Waals surface area contributed by atoms with E-state index in [1.165, 1.54) is 11.3 Å². The van der Waals surface area contributed by atoms with Gasteiger partial charge in [0.1, 0.15) is 5.75 Å². The van der Waals surface area contributed by atoms with E-state index < -0.39 is 0 Å². The zero-order valence-electron chi connectivity index (χ0n) is 13.8. The molecule has 0 unspecified atom stereocenters. The maximum Gasteiger partial charge on any atom is 0.282 e. The number of rotatable bonds is 4. The van der Waals surface area contributed by atoms with E-state index >= 15 is 0 Å². The van der Waals surface area contributed by atoms with Gasteiger partial charge in [0.25, 0.3) is 5.91 Å². The Morgan fingerprint density at radius 3 is 2.55 bits per heavy atom. The fourth-order valence-electron chi connectivity index (χ4n) is 3.37. The summed E-state index contributed by atoms with van der Waals surface area (Å²) in [6, 6.07) is 5.24. The fourth-order valence-corrected chi connectivity index (χ4v) is 3.62. The highest BCUT2D eigenvalue weighted by atomic mass is 35.5. The van der Waals surface area contributed by atoms with Gasteiger partial charge in [-0.3, -0.25) is 4.79 Å². The average molecular weight is 326 g/mol. The summed E-state index contributed by atoms with van der Waals surface area (Å²) in [6.07, 6.45) is 1.26. The molecule has 1 aromatic carbocycles. The van der Waals surface area contributed by atoms with E-state index in [1.807, 2.05) is 13.0 Å². The lowest BCUT2D eigenvalue weighted by Gasteiger charge is -2.35. The third-order valence-corrected chi connectivity index (χ3v) is 4.75. The highest BCUT2D eigenvalue weighted by Crippen LogP contribution is 2.27. The Morgan fingerprint density at radius 2 is 2.00 bits per heavy atom. The Morgan fingerprint density at radius 1 is 1.36 bits per heavy atom. The Hall–Kier alpha value is -1.26. The largest absolute Gasteiger partial charge is 0.495 e. The third kappa shape index (κ3) is 4.14. The van der Waals surface area contributed by atoms with E-state index in [0.717, 1.165) is 13.1 Å². The van der Waals surface area contributed by atoms with Gasteiger partial charge < -0.3 is 15.0 Å². The molecule has 5 heteroatoms. The molecule has 2 rings (SSSR count). The lowest BCUT2D eigenvalue weighted by atomic mass is 9.91. The molecule has 1 aliphatic heterocycles. The van der Waals surface area contributed by atoms with Crippen LogP contribution < -0.4 is 15.0 Å². The normalized spacial score (nSPS) is 26.3. The van der Waals surface area contributed by atoms with E-state index in [9.17, 15) is 4.79 Å². The summed E-state index contributed by atoms with van der Waals surface area (Å²) in [6.45, 7) is 8.65. The van der Waals surface area contributed by atoms with Crippen LogP contribution in [0.4, 0.5) is 5.69 Å². The zero-order chi connectivity index (χ0) is 16.3. The first-order valence-electron chi connectivity index (χ1n) is 7.89. The molecule has 1 heterocycles. The molecule has 0 aliphatic carbocycles. The van der Waals surface area contributed by atoms with Gasteiger partial charge >= 0.3 is 0 Å². The standard InChI is InChI=1S/C17H25ClN2O2/c1-11-7-12(2)10-20(9-11)13(3)17(21)19-14-5-6-16(22-4)15(18)8-14/h5-6,8,11-13H,7,9-10H2,1-4H3,(H,19,21)/p+1/t11-,12-,13-/m0/s1. The van der Waals surface area contributed by atoms with Crippen molar-refractivity contribution >= 4 is 23.2 Å². The van der Waals surface area contributed by atoms with Crippen molar-refractivity contribution in [3.05, 3.63) is 23.2 Å². The van der Waals surface area contributed by atoms with E-state index in [2.05, 4.69) is 19.2 Å². The fraction of sp³-hybridized carbons (Fsp3) is 0.588. The second-order valence-electron chi connectivity index (χ2n) is 6.57. The minimum absolute atomic E-state index is 0.0394. The van der Waals surface area contributed by atoms with Crippen molar-refractivity contribution in [1.82, 2.24) is 0 Å². The van der Waals surface area contributed by atoms with Crippen LogP contribution >= 0.6 is 11.6 Å². The van der Waals surface area contributed by atoms with Crippen LogP contribution in [0.1, 0.15) is 27.2 Å². The highest BCUT2D eigenvalue weighted by molar-refractivity contribution is 6.32. The average Bonchev–Trinajstić information content (AvgIpc) is 2.45. The van der Waals surface area contributed by atoms with E-state index in [-0.39, 0.29) is 11.9 Å². The maximum atomic E-state index is 12.5. The molecule has 1 aromatic rings. The summed E-state index contributed by atoms with van der Waals surface area (Å²) in [5, 5.41) is 3.46. The van der Waals surface area contributed by atoms with Crippen LogP contribution in [0.3, 0.4) is 0 Å². The van der Waals surface area contributed by atoms with Crippen LogP contribution in [0.15, 0.2) is 18.2 Å². The van der Waals surface area contributed by atoms with Crippen molar-refractivity contribution in [3.8, 4) is 5.75 Å². The molecule has 3 atom stereocenters. The maximum absolute atomic E-state index is 12.5. The van der Waals surface area contributed by atoms with Crippen LogP contribution in [0, 0.1) is 11.8 Å². The first-order valence-corrected chi connectivity index (χ1v) is 8.27. The predicted octanol–water partition coefficient (Wildman–Crippen LogP) is 2.24. The summed E-state index contributed by atoms with van der Waals surface area (Å²) in [5.41, 5.74) is 0.708. The smallest absolute Gasteiger partial charge is 0.282 e.